The average Bonchev–Trinajstić information content (AvgIpc) is 3.88. The maximum absolute atomic E-state index is 2.67. The van der Waals surface area contributed by atoms with Crippen molar-refractivity contribution < 1.29 is 0 Å². The summed E-state index contributed by atoms with van der Waals surface area (Å²) in [5.41, 5.74) is 11.2. The zero-order valence-corrected chi connectivity index (χ0v) is 36.4. The molecular weight excluding hydrogens is 777 g/mol. The normalized spacial score (nSPS) is 13.7. The second-order valence-corrected chi connectivity index (χ2v) is 21.3. The number of fused-ring (bicyclic) bond motifs is 6. The third-order valence-electron chi connectivity index (χ3n) is 14.1. The molecule has 0 aliphatic heterocycles. The summed E-state index contributed by atoms with van der Waals surface area (Å²) in [4.78, 5) is 0. The van der Waals surface area contributed by atoms with Crippen LogP contribution in [0.15, 0.2) is 224 Å². The first kappa shape index (κ1) is 37.5. The molecule has 63 heavy (non-hydrogen) atoms. The second kappa shape index (κ2) is 15.6. The molecule has 0 atom stereocenters. The molecule has 0 spiro atoms. The van der Waals surface area contributed by atoms with Crippen LogP contribution in [0.3, 0.4) is 0 Å². The van der Waals surface area contributed by atoms with Gasteiger partial charge in [-0.3, -0.25) is 0 Å². The van der Waals surface area contributed by atoms with Crippen LogP contribution in [0.4, 0.5) is 0 Å². The molecule has 302 valence electrons. The van der Waals surface area contributed by atoms with Crippen LogP contribution < -0.4 is 20.7 Å². The summed E-state index contributed by atoms with van der Waals surface area (Å²) in [5, 5.41) is 10.7. The Labute approximate surface area is 370 Å². The van der Waals surface area contributed by atoms with E-state index >= 15 is 0 Å². The van der Waals surface area contributed by atoms with Crippen LogP contribution in [0, 0.1) is 0 Å². The van der Waals surface area contributed by atoms with E-state index < -0.39 is 8.07 Å². The van der Waals surface area contributed by atoms with Gasteiger partial charge in [-0.15, -0.1) is 0 Å². The topological polar surface area (TPSA) is 9.86 Å². The minimum atomic E-state index is -2.67. The molecule has 11 aromatic rings. The van der Waals surface area contributed by atoms with Crippen molar-refractivity contribution in [3.05, 3.63) is 230 Å². The fourth-order valence-electron chi connectivity index (χ4n) is 11.2. The molecule has 2 nitrogen and oxygen atoms in total. The van der Waals surface area contributed by atoms with Crippen molar-refractivity contribution in [2.45, 2.75) is 38.0 Å². The fourth-order valence-corrected chi connectivity index (χ4v) is 16.0. The molecule has 9 aromatic carbocycles. The van der Waals surface area contributed by atoms with Crippen LogP contribution in [0.2, 0.25) is 0 Å². The van der Waals surface area contributed by atoms with E-state index in [1.165, 1.54) is 119 Å². The van der Waals surface area contributed by atoms with Crippen molar-refractivity contribution in [2.75, 3.05) is 0 Å². The third-order valence-corrected chi connectivity index (χ3v) is 18.8. The van der Waals surface area contributed by atoms with Crippen LogP contribution in [0.5, 0.6) is 0 Å². The average molecular weight is 825 g/mol. The molecule has 12 rings (SSSR count). The number of rotatable bonds is 8. The molecular formula is C60H48N2Si. The Hall–Kier alpha value is -7.20. The minimum absolute atomic E-state index is 0.629. The lowest BCUT2D eigenvalue weighted by Crippen LogP contribution is -2.74. The molecule has 2 aromatic heterocycles. The number of nitrogens with zero attached hydrogens (tertiary/aromatic N) is 2. The first-order valence-corrected chi connectivity index (χ1v) is 24.7. The highest BCUT2D eigenvalue weighted by atomic mass is 28.3. The predicted octanol–water partition coefficient (Wildman–Crippen LogP) is 13.0. The van der Waals surface area contributed by atoms with Gasteiger partial charge in [-0.1, -0.05) is 207 Å². The minimum Gasteiger partial charge on any atom is -0.307 e. The molecule has 0 amide bonds. The van der Waals surface area contributed by atoms with Gasteiger partial charge in [0.15, 0.2) is 8.07 Å². The molecule has 1 aliphatic rings. The molecule has 0 unspecified atom stereocenters. The van der Waals surface area contributed by atoms with Crippen LogP contribution >= 0.6 is 0 Å². The predicted molar refractivity (Wildman–Crippen MR) is 270 cm³/mol. The molecule has 1 fully saturated rings. The van der Waals surface area contributed by atoms with Gasteiger partial charge < -0.3 is 9.13 Å². The molecule has 2 heterocycles. The van der Waals surface area contributed by atoms with Gasteiger partial charge in [0.25, 0.3) is 0 Å². The van der Waals surface area contributed by atoms with Crippen LogP contribution in [-0.4, -0.2) is 17.2 Å². The largest absolute Gasteiger partial charge is 0.307 e. The van der Waals surface area contributed by atoms with Gasteiger partial charge in [-0.2, -0.15) is 0 Å². The van der Waals surface area contributed by atoms with E-state index in [0.29, 0.717) is 5.92 Å². The lowest BCUT2D eigenvalue weighted by molar-refractivity contribution is 0.444. The number of hydrogen-bond donors (Lipinski definition) is 0. The third kappa shape index (κ3) is 6.13. The number of hydrogen-bond acceptors (Lipinski definition) is 0. The van der Waals surface area contributed by atoms with Crippen LogP contribution in [-0.2, 0) is 0 Å². The molecule has 0 bridgehead atoms. The van der Waals surface area contributed by atoms with E-state index in [1.54, 1.807) is 0 Å². The summed E-state index contributed by atoms with van der Waals surface area (Å²) in [6.07, 6.45) is 6.58. The Morgan fingerprint density at radius 1 is 0.349 bits per heavy atom. The van der Waals surface area contributed by atoms with Gasteiger partial charge in [0, 0.05) is 27.2 Å². The van der Waals surface area contributed by atoms with E-state index in [-0.39, 0.29) is 0 Å². The SMILES string of the molecule is c1ccc([Si](c2ccccc2)(c2ccccc2)c2cccc(-c3ccc(-n4c5ccccc5c5cccc(-n6c7ccccc7c7ccc(C8CCCCC8)cc76)c54)cc3)c2)cc1. The van der Waals surface area contributed by atoms with Crippen molar-refractivity contribution in [2.24, 2.45) is 0 Å². The van der Waals surface area contributed by atoms with E-state index in [9.17, 15) is 0 Å². The summed E-state index contributed by atoms with van der Waals surface area (Å²) in [6.45, 7) is 0. The molecule has 1 saturated carbocycles. The summed E-state index contributed by atoms with van der Waals surface area (Å²) < 4.78 is 5.06. The number of benzene rings is 9. The number of aromatic nitrogens is 2. The summed E-state index contributed by atoms with van der Waals surface area (Å²) in [6, 6.07) is 84.4. The van der Waals surface area contributed by atoms with Crippen molar-refractivity contribution in [3.63, 3.8) is 0 Å². The first-order valence-electron chi connectivity index (χ1n) is 22.7. The summed E-state index contributed by atoms with van der Waals surface area (Å²) in [5.74, 6) is 0.629. The van der Waals surface area contributed by atoms with E-state index in [1.807, 2.05) is 0 Å². The summed E-state index contributed by atoms with van der Waals surface area (Å²) >= 11 is 0. The standard InChI is InChI=1S/C60H48N2Si/c1-5-19-43(20-6-1)46-37-40-54-52-29-13-16-33-57(52)62(59(54)42-46)58-34-18-31-55-53-30-14-15-32-56(53)61(60(55)58)47-38-35-44(36-39-47)45-21-17-28-51(41-45)63(48-22-7-2-8-23-48,49-24-9-3-10-25-49)50-26-11-4-12-27-50/h2-4,7-18,21-43H,1,5-6,19-20H2. The molecule has 0 saturated heterocycles. The lowest BCUT2D eigenvalue weighted by Gasteiger charge is -2.34. The molecule has 3 heteroatoms. The van der Waals surface area contributed by atoms with Gasteiger partial charge >= 0.3 is 0 Å². The van der Waals surface area contributed by atoms with E-state index in [0.717, 1.165) is 5.69 Å². The Morgan fingerprint density at radius 3 is 1.52 bits per heavy atom. The highest BCUT2D eigenvalue weighted by Crippen LogP contribution is 2.41. The zero-order chi connectivity index (χ0) is 41.7. The highest BCUT2D eigenvalue weighted by Gasteiger charge is 2.41. The van der Waals surface area contributed by atoms with Crippen molar-refractivity contribution in [3.8, 4) is 22.5 Å². The first-order chi connectivity index (χ1) is 31.3. The zero-order valence-electron chi connectivity index (χ0n) is 35.4. The molecule has 0 N–H and O–H groups in total. The van der Waals surface area contributed by atoms with E-state index in [4.69, 9.17) is 0 Å². The highest BCUT2D eigenvalue weighted by molar-refractivity contribution is 7.19. The van der Waals surface area contributed by atoms with E-state index in [2.05, 4.69) is 234 Å². The van der Waals surface area contributed by atoms with Gasteiger partial charge in [-0.05, 0) is 92.6 Å². The van der Waals surface area contributed by atoms with Gasteiger partial charge in [0.2, 0.25) is 0 Å². The smallest absolute Gasteiger partial charge is 0.179 e. The molecule has 0 radical (unpaired) electrons. The Morgan fingerprint density at radius 2 is 0.873 bits per heavy atom. The van der Waals surface area contributed by atoms with Gasteiger partial charge in [0.1, 0.15) is 0 Å². The van der Waals surface area contributed by atoms with Crippen molar-refractivity contribution >= 4 is 72.4 Å². The van der Waals surface area contributed by atoms with Crippen molar-refractivity contribution in [1.29, 1.82) is 0 Å². The van der Waals surface area contributed by atoms with Crippen molar-refractivity contribution in [1.82, 2.24) is 9.13 Å². The second-order valence-electron chi connectivity index (χ2n) is 17.5. The Balaban J connectivity index is 1.03. The maximum Gasteiger partial charge on any atom is 0.179 e. The lowest BCUT2D eigenvalue weighted by atomic mass is 9.84. The monoisotopic (exact) mass is 824 g/mol. The maximum atomic E-state index is 2.55. The quantitative estimate of drug-likeness (QED) is 0.107. The van der Waals surface area contributed by atoms with Gasteiger partial charge in [0.05, 0.1) is 27.8 Å². The Kier molecular flexibility index (Phi) is 9.30. The number of para-hydroxylation sites is 3. The molecule has 1 aliphatic carbocycles. The fraction of sp³-hybridized carbons (Fsp3) is 0.100. The van der Waals surface area contributed by atoms with Gasteiger partial charge in [-0.25, -0.2) is 0 Å². The summed E-state index contributed by atoms with van der Waals surface area (Å²) in [7, 11) is -2.67. The van der Waals surface area contributed by atoms with Crippen LogP contribution in [0.25, 0.3) is 66.1 Å². The van der Waals surface area contributed by atoms with Crippen LogP contribution in [0.1, 0.15) is 43.6 Å². The Bertz CT molecular complexity index is 3320.